The summed E-state index contributed by atoms with van der Waals surface area (Å²) in [6, 6.07) is 8.12. The Morgan fingerprint density at radius 1 is 1.04 bits per heavy atom. The van der Waals surface area contributed by atoms with Gasteiger partial charge in [0.25, 0.3) is 5.78 Å². The number of piperazine rings is 1. The van der Waals surface area contributed by atoms with Crippen molar-refractivity contribution in [3.63, 3.8) is 0 Å². The Labute approximate surface area is 163 Å². The largest absolute Gasteiger partial charge is 0.368 e. The van der Waals surface area contributed by atoms with Crippen molar-refractivity contribution in [3.8, 4) is 0 Å². The zero-order valence-corrected chi connectivity index (χ0v) is 16.3. The summed E-state index contributed by atoms with van der Waals surface area (Å²) in [6.07, 6.45) is 4.14. The number of hydrogen-bond acceptors (Lipinski definition) is 5. The Morgan fingerprint density at radius 3 is 2.63 bits per heavy atom. The fourth-order valence-corrected chi connectivity index (χ4v) is 4.41. The topological polar surface area (TPSA) is 49.6 Å². The van der Waals surface area contributed by atoms with Gasteiger partial charge < -0.3 is 9.80 Å². The van der Waals surface area contributed by atoms with Crippen molar-refractivity contribution in [2.75, 3.05) is 36.0 Å². The molecule has 6 nitrogen and oxygen atoms in total. The first-order chi connectivity index (χ1) is 13.2. The summed E-state index contributed by atoms with van der Waals surface area (Å²) in [6.45, 7) is 5.94. The Bertz CT molecular complexity index is 990. The molecule has 3 aromatic rings. The van der Waals surface area contributed by atoms with Crippen molar-refractivity contribution in [1.82, 2.24) is 19.6 Å². The number of hydrogen-bond donors (Lipinski definition) is 0. The molecule has 3 heterocycles. The number of anilines is 2. The van der Waals surface area contributed by atoms with E-state index in [0.717, 1.165) is 62.1 Å². The third-order valence-corrected chi connectivity index (χ3v) is 5.83. The number of rotatable bonds is 3. The molecule has 1 aromatic carbocycles. The van der Waals surface area contributed by atoms with E-state index in [-0.39, 0.29) is 0 Å². The van der Waals surface area contributed by atoms with Crippen molar-refractivity contribution in [3.05, 3.63) is 46.4 Å². The first-order valence-electron chi connectivity index (χ1n) is 9.76. The Morgan fingerprint density at radius 2 is 1.85 bits per heavy atom. The van der Waals surface area contributed by atoms with E-state index in [1.807, 2.05) is 22.7 Å². The molecule has 2 aromatic heterocycles. The zero-order valence-electron chi connectivity index (χ0n) is 15.5. The summed E-state index contributed by atoms with van der Waals surface area (Å²) >= 11 is 6.17. The molecule has 0 amide bonds. The summed E-state index contributed by atoms with van der Waals surface area (Å²) in [4.78, 5) is 14.3. The molecule has 1 aliphatic heterocycles. The number of aryl methyl sites for hydroxylation is 2. The molecule has 0 spiro atoms. The van der Waals surface area contributed by atoms with Gasteiger partial charge in [0.2, 0.25) is 0 Å². The number of benzene rings is 1. The van der Waals surface area contributed by atoms with Gasteiger partial charge >= 0.3 is 0 Å². The Kier molecular flexibility index (Phi) is 4.16. The van der Waals surface area contributed by atoms with Crippen molar-refractivity contribution < 1.29 is 0 Å². The summed E-state index contributed by atoms with van der Waals surface area (Å²) < 4.78 is 1.98. The number of aromatic nitrogens is 4. The predicted molar refractivity (Wildman–Crippen MR) is 108 cm³/mol. The molecular formula is C20H23ClN6. The summed E-state index contributed by atoms with van der Waals surface area (Å²) in [5.41, 5.74) is 3.78. The third-order valence-electron chi connectivity index (χ3n) is 5.60. The molecule has 0 bridgehead atoms. The van der Waals surface area contributed by atoms with Gasteiger partial charge in [0.05, 0.1) is 5.69 Å². The van der Waals surface area contributed by atoms with E-state index in [9.17, 15) is 0 Å². The zero-order chi connectivity index (χ0) is 18.4. The average molecular weight is 383 g/mol. The highest BCUT2D eigenvalue weighted by Crippen LogP contribution is 2.32. The van der Waals surface area contributed by atoms with Crippen LogP contribution in [0.15, 0.2) is 24.3 Å². The highest BCUT2D eigenvalue weighted by atomic mass is 35.5. The minimum absolute atomic E-state index is 0.750. The van der Waals surface area contributed by atoms with E-state index in [2.05, 4.69) is 27.8 Å². The molecule has 1 saturated heterocycles. The molecular weight excluding hydrogens is 360 g/mol. The first-order valence-corrected chi connectivity index (χ1v) is 10.1. The quantitative estimate of drug-likeness (QED) is 0.696. The Balaban J connectivity index is 1.47. The van der Waals surface area contributed by atoms with Crippen LogP contribution in [0.4, 0.5) is 11.5 Å². The van der Waals surface area contributed by atoms with E-state index in [1.54, 1.807) is 0 Å². The number of nitrogens with zero attached hydrogens (tertiary/aromatic N) is 6. The predicted octanol–water partition coefficient (Wildman–Crippen LogP) is 3.16. The summed E-state index contributed by atoms with van der Waals surface area (Å²) in [5, 5.41) is 5.53. The fraction of sp³-hybridized carbons (Fsp3) is 0.450. The van der Waals surface area contributed by atoms with Crippen LogP contribution in [0.5, 0.6) is 0 Å². The minimum atomic E-state index is 0.750. The van der Waals surface area contributed by atoms with Gasteiger partial charge in [0, 0.05) is 48.9 Å². The molecule has 1 fully saturated rings. The van der Waals surface area contributed by atoms with Crippen LogP contribution in [0.25, 0.3) is 5.78 Å². The average Bonchev–Trinajstić information content (AvgIpc) is 3.32. The van der Waals surface area contributed by atoms with Crippen molar-refractivity contribution in [2.24, 2.45) is 0 Å². The lowest BCUT2D eigenvalue weighted by Gasteiger charge is -2.38. The molecule has 0 unspecified atom stereocenters. The maximum absolute atomic E-state index is 6.17. The second-order valence-corrected chi connectivity index (χ2v) is 7.70. The van der Waals surface area contributed by atoms with E-state index >= 15 is 0 Å². The van der Waals surface area contributed by atoms with Crippen LogP contribution in [0.1, 0.15) is 30.4 Å². The van der Waals surface area contributed by atoms with Crippen LogP contribution in [0.3, 0.4) is 0 Å². The SMILES string of the molecule is CCc1nc2nc3c(c(N4CCN(c5cccc(Cl)c5)CC4)n2n1)CCC3. The first kappa shape index (κ1) is 16.8. The van der Waals surface area contributed by atoms with Crippen LogP contribution in [-0.4, -0.2) is 45.8 Å². The molecule has 2 aliphatic rings. The van der Waals surface area contributed by atoms with Crippen LogP contribution in [0.2, 0.25) is 5.02 Å². The summed E-state index contributed by atoms with van der Waals surface area (Å²) in [5.74, 6) is 2.83. The smallest absolute Gasteiger partial charge is 0.254 e. The van der Waals surface area contributed by atoms with Crippen molar-refractivity contribution in [2.45, 2.75) is 32.6 Å². The monoisotopic (exact) mass is 382 g/mol. The van der Waals surface area contributed by atoms with Gasteiger partial charge in [-0.15, -0.1) is 5.10 Å². The van der Waals surface area contributed by atoms with Gasteiger partial charge in [-0.05, 0) is 37.5 Å². The van der Waals surface area contributed by atoms with E-state index < -0.39 is 0 Å². The standard InChI is InChI=1S/C20H23ClN6/c1-2-18-23-20-22-17-8-4-7-16(17)19(27(20)24-18)26-11-9-25(10-12-26)15-6-3-5-14(21)13-15/h3,5-6,13H,2,4,7-12H2,1H3. The molecule has 0 saturated carbocycles. The lowest BCUT2D eigenvalue weighted by atomic mass is 10.2. The second-order valence-electron chi connectivity index (χ2n) is 7.26. The normalized spacial score (nSPS) is 17.0. The van der Waals surface area contributed by atoms with E-state index in [4.69, 9.17) is 21.7 Å². The minimum Gasteiger partial charge on any atom is -0.368 e. The molecule has 27 heavy (non-hydrogen) atoms. The fourth-order valence-electron chi connectivity index (χ4n) is 4.22. The lowest BCUT2D eigenvalue weighted by Crippen LogP contribution is -2.47. The second kappa shape index (κ2) is 6.68. The lowest BCUT2D eigenvalue weighted by molar-refractivity contribution is 0.635. The van der Waals surface area contributed by atoms with E-state index in [1.165, 1.54) is 29.2 Å². The van der Waals surface area contributed by atoms with Crippen LogP contribution in [0, 0.1) is 0 Å². The molecule has 7 heteroatoms. The molecule has 0 N–H and O–H groups in total. The molecule has 140 valence electrons. The van der Waals surface area contributed by atoms with Gasteiger partial charge in [0.1, 0.15) is 5.82 Å². The third kappa shape index (κ3) is 2.92. The van der Waals surface area contributed by atoms with Gasteiger partial charge in [-0.25, -0.2) is 4.98 Å². The maximum atomic E-state index is 6.17. The van der Waals surface area contributed by atoms with Crippen LogP contribution >= 0.6 is 11.6 Å². The van der Waals surface area contributed by atoms with Crippen LogP contribution in [-0.2, 0) is 19.3 Å². The molecule has 0 radical (unpaired) electrons. The van der Waals surface area contributed by atoms with Gasteiger partial charge in [-0.1, -0.05) is 24.6 Å². The van der Waals surface area contributed by atoms with Crippen molar-refractivity contribution in [1.29, 1.82) is 0 Å². The van der Waals surface area contributed by atoms with Gasteiger partial charge in [-0.2, -0.15) is 9.50 Å². The van der Waals surface area contributed by atoms with Gasteiger partial charge in [0.15, 0.2) is 5.82 Å². The Hall–Kier alpha value is -2.34. The van der Waals surface area contributed by atoms with Gasteiger partial charge in [-0.3, -0.25) is 0 Å². The highest BCUT2D eigenvalue weighted by molar-refractivity contribution is 6.30. The molecule has 5 rings (SSSR count). The summed E-state index contributed by atoms with van der Waals surface area (Å²) in [7, 11) is 0. The number of fused-ring (bicyclic) bond motifs is 2. The number of halogens is 1. The highest BCUT2D eigenvalue weighted by Gasteiger charge is 2.27. The maximum Gasteiger partial charge on any atom is 0.254 e. The molecule has 1 aliphatic carbocycles. The van der Waals surface area contributed by atoms with Crippen molar-refractivity contribution >= 4 is 28.9 Å². The van der Waals surface area contributed by atoms with Crippen LogP contribution < -0.4 is 9.80 Å². The molecule has 0 atom stereocenters. The van der Waals surface area contributed by atoms with E-state index in [0.29, 0.717) is 0 Å².